The summed E-state index contributed by atoms with van der Waals surface area (Å²) in [6.07, 6.45) is 4.93. The summed E-state index contributed by atoms with van der Waals surface area (Å²) in [5.41, 5.74) is 5.38. The maximum Gasteiger partial charge on any atom is 0.235 e. The summed E-state index contributed by atoms with van der Waals surface area (Å²) in [6, 6.07) is 0.197. The van der Waals surface area contributed by atoms with Crippen LogP contribution in [-0.4, -0.2) is 28.4 Å². The lowest BCUT2D eigenvalue weighted by Crippen LogP contribution is -2.54. The molecule has 0 radical (unpaired) electrons. The molecule has 19 heavy (non-hydrogen) atoms. The second kappa shape index (κ2) is 6.69. The fraction of sp³-hybridized carbons (Fsp3) is 0.867. The predicted molar refractivity (Wildman–Crippen MR) is 84.0 cm³/mol. The number of carbonyl (C=O) groups excluding carboxylic acids is 1. The number of nitrogens with zero attached hydrogens (tertiary/aromatic N) is 1. The van der Waals surface area contributed by atoms with Crippen LogP contribution in [0.1, 0.15) is 59.8 Å². The van der Waals surface area contributed by atoms with Crippen LogP contribution in [0.2, 0.25) is 0 Å². The molecule has 0 atom stereocenters. The molecular formula is C15H28N2OS. The van der Waals surface area contributed by atoms with Crippen LogP contribution in [0.4, 0.5) is 0 Å². The molecule has 0 aromatic rings. The van der Waals surface area contributed by atoms with E-state index in [0.29, 0.717) is 10.9 Å². The third-order valence-electron chi connectivity index (χ3n) is 4.03. The van der Waals surface area contributed by atoms with Gasteiger partial charge in [-0.2, -0.15) is 0 Å². The minimum absolute atomic E-state index is 0.156. The van der Waals surface area contributed by atoms with Crippen LogP contribution in [0.15, 0.2) is 0 Å². The van der Waals surface area contributed by atoms with Crippen LogP contribution in [0.5, 0.6) is 0 Å². The first-order chi connectivity index (χ1) is 8.81. The quantitative estimate of drug-likeness (QED) is 0.789. The van der Waals surface area contributed by atoms with E-state index >= 15 is 0 Å². The van der Waals surface area contributed by atoms with Crippen molar-refractivity contribution in [1.82, 2.24) is 4.90 Å². The largest absolute Gasteiger partial charge is 0.392 e. The molecule has 0 aromatic heterocycles. The second-order valence-corrected chi connectivity index (χ2v) is 6.89. The minimum atomic E-state index is -0.577. The van der Waals surface area contributed by atoms with E-state index in [0.717, 1.165) is 32.2 Å². The molecule has 1 saturated carbocycles. The average Bonchev–Trinajstić information content (AvgIpc) is 2.35. The third-order valence-corrected chi connectivity index (χ3v) is 4.42. The monoisotopic (exact) mass is 284 g/mol. The maximum atomic E-state index is 13.0. The van der Waals surface area contributed by atoms with Crippen molar-refractivity contribution < 1.29 is 4.79 Å². The zero-order valence-corrected chi connectivity index (χ0v) is 13.6. The van der Waals surface area contributed by atoms with Gasteiger partial charge in [-0.3, -0.25) is 4.79 Å². The Hall–Kier alpha value is -0.640. The van der Waals surface area contributed by atoms with E-state index in [1.807, 2.05) is 4.90 Å². The first-order valence-electron chi connectivity index (χ1n) is 7.42. The smallest absolute Gasteiger partial charge is 0.235 e. The highest BCUT2D eigenvalue weighted by molar-refractivity contribution is 7.80. The van der Waals surface area contributed by atoms with E-state index in [4.69, 9.17) is 18.0 Å². The molecule has 4 heteroatoms. The number of amides is 1. The van der Waals surface area contributed by atoms with Gasteiger partial charge in [-0.25, -0.2) is 0 Å². The number of rotatable bonds is 5. The Balaban J connectivity index is 2.99. The Labute approximate surface area is 122 Å². The van der Waals surface area contributed by atoms with Gasteiger partial charge in [0.15, 0.2) is 0 Å². The molecule has 0 unspecified atom stereocenters. The highest BCUT2D eigenvalue weighted by Crippen LogP contribution is 2.39. The molecule has 3 nitrogen and oxygen atoms in total. The summed E-state index contributed by atoms with van der Waals surface area (Å²) in [6.45, 7) is 9.18. The number of nitrogens with two attached hydrogens (primary N) is 1. The molecule has 2 N–H and O–H groups in total. The highest BCUT2D eigenvalue weighted by atomic mass is 32.1. The first kappa shape index (κ1) is 16.4. The molecule has 1 fully saturated rings. The van der Waals surface area contributed by atoms with Crippen molar-refractivity contribution in [3.8, 4) is 0 Å². The number of carbonyl (C=O) groups is 1. The molecule has 0 saturated heterocycles. The Morgan fingerprint density at radius 3 is 2.11 bits per heavy atom. The van der Waals surface area contributed by atoms with Crippen molar-refractivity contribution in [2.75, 3.05) is 6.54 Å². The van der Waals surface area contributed by atoms with Gasteiger partial charge in [-0.15, -0.1) is 0 Å². The van der Waals surface area contributed by atoms with Gasteiger partial charge in [0, 0.05) is 12.6 Å². The van der Waals surface area contributed by atoms with Gasteiger partial charge >= 0.3 is 0 Å². The van der Waals surface area contributed by atoms with Gasteiger partial charge in [0.05, 0.1) is 10.4 Å². The fourth-order valence-electron chi connectivity index (χ4n) is 2.92. The van der Waals surface area contributed by atoms with Crippen LogP contribution >= 0.6 is 12.2 Å². The lowest BCUT2D eigenvalue weighted by atomic mass is 9.72. The summed E-state index contributed by atoms with van der Waals surface area (Å²) in [4.78, 5) is 15.4. The topological polar surface area (TPSA) is 46.3 Å². The van der Waals surface area contributed by atoms with Crippen molar-refractivity contribution in [2.45, 2.75) is 65.8 Å². The molecule has 0 aliphatic heterocycles. The predicted octanol–water partition coefficient (Wildman–Crippen LogP) is 3.12. The molecule has 1 aliphatic carbocycles. The van der Waals surface area contributed by atoms with Gasteiger partial charge in [0.1, 0.15) is 0 Å². The summed E-state index contributed by atoms with van der Waals surface area (Å²) in [5, 5.41) is 0. The summed E-state index contributed by atoms with van der Waals surface area (Å²) >= 11 is 5.25. The van der Waals surface area contributed by atoms with Gasteiger partial charge in [-0.1, -0.05) is 45.3 Å². The molecule has 0 spiro atoms. The van der Waals surface area contributed by atoms with E-state index in [-0.39, 0.29) is 11.9 Å². The molecular weight excluding hydrogens is 256 g/mol. The minimum Gasteiger partial charge on any atom is -0.392 e. The summed E-state index contributed by atoms with van der Waals surface area (Å²) in [7, 11) is 0. The zero-order valence-electron chi connectivity index (χ0n) is 12.7. The van der Waals surface area contributed by atoms with Crippen LogP contribution in [0.3, 0.4) is 0 Å². The number of hydrogen-bond donors (Lipinski definition) is 1. The molecule has 1 amide bonds. The van der Waals surface area contributed by atoms with Crippen molar-refractivity contribution in [3.63, 3.8) is 0 Å². The van der Waals surface area contributed by atoms with Crippen molar-refractivity contribution in [1.29, 1.82) is 0 Å². The van der Waals surface area contributed by atoms with Crippen molar-refractivity contribution in [3.05, 3.63) is 0 Å². The Bertz CT molecular complexity index is 333. The highest BCUT2D eigenvalue weighted by Gasteiger charge is 2.45. The standard InChI is InChI=1S/C15H28N2OS/c1-11(2)10-17(12(3)4)14(18)15(13(16)19)8-6-5-7-9-15/h11-12H,5-10H2,1-4H3,(H2,16,19). The van der Waals surface area contributed by atoms with Crippen LogP contribution in [-0.2, 0) is 4.79 Å². The normalized spacial score (nSPS) is 18.6. The fourth-order valence-corrected chi connectivity index (χ4v) is 3.21. The first-order valence-corrected chi connectivity index (χ1v) is 7.83. The lowest BCUT2D eigenvalue weighted by molar-refractivity contribution is -0.142. The van der Waals surface area contributed by atoms with Crippen molar-refractivity contribution >= 4 is 23.1 Å². The van der Waals surface area contributed by atoms with E-state index < -0.39 is 5.41 Å². The van der Waals surface area contributed by atoms with Crippen LogP contribution in [0.25, 0.3) is 0 Å². The van der Waals surface area contributed by atoms with E-state index in [9.17, 15) is 4.79 Å². The average molecular weight is 284 g/mol. The van der Waals surface area contributed by atoms with E-state index in [2.05, 4.69) is 27.7 Å². The summed E-state index contributed by atoms with van der Waals surface area (Å²) < 4.78 is 0. The Kier molecular flexibility index (Phi) is 5.78. The molecule has 1 aliphatic rings. The lowest BCUT2D eigenvalue weighted by Gasteiger charge is -2.41. The van der Waals surface area contributed by atoms with Gasteiger partial charge < -0.3 is 10.6 Å². The van der Waals surface area contributed by atoms with Crippen LogP contribution < -0.4 is 5.73 Å². The molecule has 0 aromatic carbocycles. The summed E-state index contributed by atoms with van der Waals surface area (Å²) in [5.74, 6) is 0.613. The third kappa shape index (κ3) is 3.68. The van der Waals surface area contributed by atoms with E-state index in [1.165, 1.54) is 6.42 Å². The Morgan fingerprint density at radius 1 is 1.21 bits per heavy atom. The van der Waals surface area contributed by atoms with E-state index in [1.54, 1.807) is 0 Å². The second-order valence-electron chi connectivity index (χ2n) is 6.45. The molecule has 0 bridgehead atoms. The molecule has 1 rings (SSSR count). The number of hydrogen-bond acceptors (Lipinski definition) is 2. The van der Waals surface area contributed by atoms with Crippen molar-refractivity contribution in [2.24, 2.45) is 17.1 Å². The van der Waals surface area contributed by atoms with Gasteiger partial charge in [0.2, 0.25) is 5.91 Å². The Morgan fingerprint density at radius 2 is 1.74 bits per heavy atom. The maximum absolute atomic E-state index is 13.0. The number of thiocarbonyl (C=S) groups is 1. The van der Waals surface area contributed by atoms with Gasteiger partial charge in [-0.05, 0) is 32.6 Å². The zero-order chi connectivity index (χ0) is 14.6. The SMILES string of the molecule is CC(C)CN(C(=O)C1(C(N)=S)CCCCC1)C(C)C. The van der Waals surface area contributed by atoms with Gasteiger partial charge in [0.25, 0.3) is 0 Å². The molecule has 110 valence electrons. The molecule has 0 heterocycles. The van der Waals surface area contributed by atoms with Crippen LogP contribution in [0, 0.1) is 11.3 Å².